The maximum atomic E-state index is 10.8. The van der Waals surface area contributed by atoms with Crippen LogP contribution in [0.1, 0.15) is 29.2 Å². The highest BCUT2D eigenvalue weighted by atomic mass is 16.5. The summed E-state index contributed by atoms with van der Waals surface area (Å²) in [4.78, 5) is 0. The molecule has 108 valence electrons. The van der Waals surface area contributed by atoms with E-state index in [4.69, 9.17) is 10.00 Å². The fourth-order valence-electron chi connectivity index (χ4n) is 2.44. The topological polar surface area (TPSA) is 53.2 Å². The summed E-state index contributed by atoms with van der Waals surface area (Å²) in [6, 6.07) is 15.1. The van der Waals surface area contributed by atoms with E-state index in [0.717, 1.165) is 22.4 Å². The molecule has 0 heterocycles. The predicted octanol–water partition coefficient (Wildman–Crippen LogP) is 3.33. The van der Waals surface area contributed by atoms with Crippen LogP contribution in [0.5, 0.6) is 5.75 Å². The number of nitriles is 1. The van der Waals surface area contributed by atoms with Crippen LogP contribution in [0.2, 0.25) is 0 Å². The zero-order chi connectivity index (χ0) is 15.5. The Morgan fingerprint density at radius 2 is 2.00 bits per heavy atom. The van der Waals surface area contributed by atoms with Crippen molar-refractivity contribution >= 4 is 0 Å². The van der Waals surface area contributed by atoms with E-state index in [2.05, 4.69) is 6.07 Å². The van der Waals surface area contributed by atoms with E-state index in [0.29, 0.717) is 12.0 Å². The molecule has 0 spiro atoms. The fraction of sp³-hybridized carbons (Fsp3) is 0.278. The van der Waals surface area contributed by atoms with Gasteiger partial charge in [0.15, 0.2) is 0 Å². The molecule has 3 heteroatoms. The smallest absolute Gasteiger partial charge is 0.122 e. The zero-order valence-electron chi connectivity index (χ0n) is 12.6. The second-order valence-corrected chi connectivity index (χ2v) is 5.46. The number of hydrogen-bond acceptors (Lipinski definition) is 3. The molecule has 0 saturated heterocycles. The van der Waals surface area contributed by atoms with E-state index in [1.54, 1.807) is 32.2 Å². The zero-order valence-corrected chi connectivity index (χ0v) is 12.6. The highest BCUT2D eigenvalue weighted by Crippen LogP contribution is 2.30. The van der Waals surface area contributed by atoms with Crippen molar-refractivity contribution in [2.24, 2.45) is 0 Å². The quantitative estimate of drug-likeness (QED) is 0.935. The van der Waals surface area contributed by atoms with Crippen LogP contribution in [0, 0.1) is 18.3 Å². The molecule has 1 unspecified atom stereocenters. The molecule has 0 saturated carbocycles. The first-order valence-corrected chi connectivity index (χ1v) is 6.83. The lowest BCUT2D eigenvalue weighted by atomic mass is 9.87. The van der Waals surface area contributed by atoms with E-state index < -0.39 is 5.60 Å². The third-order valence-electron chi connectivity index (χ3n) is 3.58. The van der Waals surface area contributed by atoms with E-state index in [1.807, 2.05) is 31.2 Å². The summed E-state index contributed by atoms with van der Waals surface area (Å²) in [5.74, 6) is 0.761. The van der Waals surface area contributed by atoms with Gasteiger partial charge in [-0.05, 0) is 43.2 Å². The number of methoxy groups -OCH3 is 1. The number of hydrogen-bond donors (Lipinski definition) is 1. The van der Waals surface area contributed by atoms with Gasteiger partial charge in [-0.1, -0.05) is 29.8 Å². The van der Waals surface area contributed by atoms with Crippen molar-refractivity contribution in [3.05, 3.63) is 64.7 Å². The molecule has 2 rings (SSSR count). The van der Waals surface area contributed by atoms with Crippen LogP contribution in [-0.2, 0) is 12.0 Å². The van der Waals surface area contributed by atoms with Crippen LogP contribution >= 0.6 is 0 Å². The van der Waals surface area contributed by atoms with Crippen molar-refractivity contribution in [2.45, 2.75) is 25.9 Å². The van der Waals surface area contributed by atoms with Crippen molar-refractivity contribution in [1.82, 2.24) is 0 Å². The SMILES string of the molecule is COc1ccc(C)cc1CC(C)(O)c1cccc(C#N)c1. The summed E-state index contributed by atoms with van der Waals surface area (Å²) >= 11 is 0. The first-order valence-electron chi connectivity index (χ1n) is 6.83. The molecule has 0 aliphatic heterocycles. The standard InChI is InChI=1S/C18H19NO2/c1-13-7-8-17(21-3)15(9-13)11-18(2,20)16-6-4-5-14(10-16)12-19/h4-10,20H,11H2,1-3H3. The Labute approximate surface area is 125 Å². The molecule has 0 aliphatic carbocycles. The maximum Gasteiger partial charge on any atom is 0.122 e. The van der Waals surface area contributed by atoms with Gasteiger partial charge >= 0.3 is 0 Å². The molecule has 0 radical (unpaired) electrons. The van der Waals surface area contributed by atoms with Gasteiger partial charge in [-0.3, -0.25) is 0 Å². The van der Waals surface area contributed by atoms with Crippen LogP contribution in [0.4, 0.5) is 0 Å². The Bertz CT molecular complexity index is 684. The third kappa shape index (κ3) is 3.42. The Balaban J connectivity index is 2.37. The monoisotopic (exact) mass is 281 g/mol. The number of aliphatic hydroxyl groups is 1. The van der Waals surface area contributed by atoms with Crippen molar-refractivity contribution in [1.29, 1.82) is 5.26 Å². The second-order valence-electron chi connectivity index (χ2n) is 5.46. The number of rotatable bonds is 4. The Kier molecular flexibility index (Phi) is 4.30. The second kappa shape index (κ2) is 5.99. The molecule has 0 fully saturated rings. The van der Waals surface area contributed by atoms with Gasteiger partial charge in [0.2, 0.25) is 0 Å². The van der Waals surface area contributed by atoms with Gasteiger partial charge in [-0.15, -0.1) is 0 Å². The van der Waals surface area contributed by atoms with Crippen LogP contribution < -0.4 is 4.74 Å². The molecule has 1 atom stereocenters. The molecule has 0 aromatic heterocycles. The predicted molar refractivity (Wildman–Crippen MR) is 82.2 cm³/mol. The molecule has 1 N–H and O–H groups in total. The van der Waals surface area contributed by atoms with Gasteiger partial charge in [0.05, 0.1) is 24.3 Å². The lowest BCUT2D eigenvalue weighted by Gasteiger charge is -2.25. The number of aryl methyl sites for hydroxylation is 1. The highest BCUT2D eigenvalue weighted by Gasteiger charge is 2.25. The van der Waals surface area contributed by atoms with Crippen LogP contribution in [0.15, 0.2) is 42.5 Å². The van der Waals surface area contributed by atoms with E-state index in [-0.39, 0.29) is 0 Å². The summed E-state index contributed by atoms with van der Waals surface area (Å²) in [6.07, 6.45) is 0.423. The molecule has 2 aromatic carbocycles. The van der Waals surface area contributed by atoms with Crippen LogP contribution in [-0.4, -0.2) is 12.2 Å². The first kappa shape index (κ1) is 15.1. The van der Waals surface area contributed by atoms with Crippen molar-refractivity contribution in [2.75, 3.05) is 7.11 Å². The molecule has 21 heavy (non-hydrogen) atoms. The molecule has 2 aromatic rings. The maximum absolute atomic E-state index is 10.8. The van der Waals surface area contributed by atoms with Gasteiger partial charge in [-0.25, -0.2) is 0 Å². The lowest BCUT2D eigenvalue weighted by Crippen LogP contribution is -2.24. The fourth-order valence-corrected chi connectivity index (χ4v) is 2.44. The lowest BCUT2D eigenvalue weighted by molar-refractivity contribution is 0.0569. The minimum Gasteiger partial charge on any atom is -0.496 e. The van der Waals surface area contributed by atoms with E-state index in [1.165, 1.54) is 0 Å². The average Bonchev–Trinajstić information content (AvgIpc) is 2.47. The van der Waals surface area contributed by atoms with Gasteiger partial charge in [-0.2, -0.15) is 5.26 Å². The van der Waals surface area contributed by atoms with Crippen LogP contribution in [0.25, 0.3) is 0 Å². The normalized spacial score (nSPS) is 13.3. The van der Waals surface area contributed by atoms with Gasteiger partial charge in [0.25, 0.3) is 0 Å². The Morgan fingerprint density at radius 1 is 1.24 bits per heavy atom. The minimum atomic E-state index is -1.06. The molecule has 3 nitrogen and oxygen atoms in total. The Morgan fingerprint density at radius 3 is 2.67 bits per heavy atom. The first-order chi connectivity index (χ1) is 9.96. The molecule has 0 aliphatic rings. The van der Waals surface area contributed by atoms with Crippen molar-refractivity contribution in [3.8, 4) is 11.8 Å². The Hall–Kier alpha value is -2.31. The van der Waals surface area contributed by atoms with Gasteiger partial charge in [0, 0.05) is 6.42 Å². The molecule has 0 bridgehead atoms. The van der Waals surface area contributed by atoms with Crippen molar-refractivity contribution < 1.29 is 9.84 Å². The van der Waals surface area contributed by atoms with Gasteiger partial charge < -0.3 is 9.84 Å². The summed E-state index contributed by atoms with van der Waals surface area (Å²) in [6.45, 7) is 3.76. The number of ether oxygens (including phenoxy) is 1. The summed E-state index contributed by atoms with van der Waals surface area (Å²) < 4.78 is 5.36. The number of nitrogens with zero attached hydrogens (tertiary/aromatic N) is 1. The summed E-state index contributed by atoms with van der Waals surface area (Å²) in [5.41, 5.74) is 2.28. The van der Waals surface area contributed by atoms with Crippen LogP contribution in [0.3, 0.4) is 0 Å². The van der Waals surface area contributed by atoms with Crippen molar-refractivity contribution in [3.63, 3.8) is 0 Å². The molecule has 0 amide bonds. The number of benzene rings is 2. The summed E-state index contributed by atoms with van der Waals surface area (Å²) in [7, 11) is 1.62. The average molecular weight is 281 g/mol. The van der Waals surface area contributed by atoms with Gasteiger partial charge in [0.1, 0.15) is 5.75 Å². The van der Waals surface area contributed by atoms with E-state index >= 15 is 0 Å². The summed E-state index contributed by atoms with van der Waals surface area (Å²) in [5, 5.41) is 19.8. The largest absolute Gasteiger partial charge is 0.496 e. The molecular weight excluding hydrogens is 262 g/mol. The minimum absolute atomic E-state index is 0.423. The highest BCUT2D eigenvalue weighted by molar-refractivity contribution is 5.40. The third-order valence-corrected chi connectivity index (χ3v) is 3.58. The van der Waals surface area contributed by atoms with E-state index in [9.17, 15) is 5.11 Å². The molecular formula is C18H19NO2.